The minimum absolute atomic E-state index is 0.535. The van der Waals surface area contributed by atoms with Crippen molar-refractivity contribution in [2.24, 2.45) is 5.73 Å². The molecular formula is C12H14BrN3OS. The van der Waals surface area contributed by atoms with Crippen LogP contribution in [0.25, 0.3) is 0 Å². The van der Waals surface area contributed by atoms with Gasteiger partial charge in [-0.25, -0.2) is 0 Å². The van der Waals surface area contributed by atoms with Crippen molar-refractivity contribution < 1.29 is 4.52 Å². The van der Waals surface area contributed by atoms with Crippen molar-refractivity contribution in [2.45, 2.75) is 30.0 Å². The summed E-state index contributed by atoms with van der Waals surface area (Å²) in [5.74, 6) is 1.76. The fraction of sp³-hybridized carbons (Fsp3) is 0.333. The fourth-order valence-electron chi connectivity index (χ4n) is 1.28. The Morgan fingerprint density at radius 2 is 2.22 bits per heavy atom. The van der Waals surface area contributed by atoms with Gasteiger partial charge in [0.15, 0.2) is 5.82 Å². The number of hydrogen-bond donors (Lipinski definition) is 1. The molecule has 1 aromatic carbocycles. The smallest absolute Gasteiger partial charge is 0.237 e. The van der Waals surface area contributed by atoms with Crippen molar-refractivity contribution >= 4 is 27.7 Å². The summed E-state index contributed by atoms with van der Waals surface area (Å²) in [4.78, 5) is 5.43. The third kappa shape index (κ3) is 3.57. The van der Waals surface area contributed by atoms with Gasteiger partial charge in [-0.2, -0.15) is 4.98 Å². The largest absolute Gasteiger partial charge is 0.338 e. The average molecular weight is 328 g/mol. The highest BCUT2D eigenvalue weighted by atomic mass is 79.9. The lowest BCUT2D eigenvalue weighted by molar-refractivity contribution is 0.370. The molecule has 0 saturated carbocycles. The minimum Gasteiger partial charge on any atom is -0.338 e. The van der Waals surface area contributed by atoms with Crippen LogP contribution in [0.5, 0.6) is 0 Å². The molecule has 1 heterocycles. The maximum atomic E-state index is 5.90. The van der Waals surface area contributed by atoms with Gasteiger partial charge in [-0.3, -0.25) is 0 Å². The lowest BCUT2D eigenvalue weighted by atomic mass is 10.1. The number of benzene rings is 1. The molecule has 0 spiro atoms. The number of aromatic nitrogens is 2. The van der Waals surface area contributed by atoms with Gasteiger partial charge in [-0.05, 0) is 32.0 Å². The van der Waals surface area contributed by atoms with Crippen LogP contribution in [0.15, 0.2) is 38.2 Å². The Hall–Kier alpha value is -0.850. The first-order valence-corrected chi connectivity index (χ1v) is 7.23. The molecule has 0 aliphatic heterocycles. The van der Waals surface area contributed by atoms with Crippen molar-refractivity contribution in [3.63, 3.8) is 0 Å². The maximum Gasteiger partial charge on any atom is 0.237 e. The molecule has 0 aliphatic carbocycles. The second-order valence-electron chi connectivity index (χ2n) is 4.48. The van der Waals surface area contributed by atoms with Crippen molar-refractivity contribution in [1.82, 2.24) is 10.1 Å². The zero-order valence-electron chi connectivity index (χ0n) is 10.2. The number of nitrogens with zero attached hydrogens (tertiary/aromatic N) is 2. The Kier molecular flexibility index (Phi) is 4.09. The molecule has 96 valence electrons. The van der Waals surface area contributed by atoms with Gasteiger partial charge in [0.25, 0.3) is 0 Å². The van der Waals surface area contributed by atoms with Crippen molar-refractivity contribution in [3.05, 3.63) is 40.5 Å². The van der Waals surface area contributed by atoms with E-state index >= 15 is 0 Å². The van der Waals surface area contributed by atoms with E-state index in [1.54, 1.807) is 11.8 Å². The van der Waals surface area contributed by atoms with Crippen LogP contribution in [0.3, 0.4) is 0 Å². The molecule has 18 heavy (non-hydrogen) atoms. The fourth-order valence-corrected chi connectivity index (χ4v) is 2.62. The number of nitrogens with two attached hydrogens (primary N) is 1. The average Bonchev–Trinajstić information content (AvgIpc) is 2.74. The summed E-state index contributed by atoms with van der Waals surface area (Å²) in [6.07, 6.45) is 0. The third-order valence-electron chi connectivity index (χ3n) is 2.20. The summed E-state index contributed by atoms with van der Waals surface area (Å²) in [5, 5.41) is 3.88. The number of halogens is 1. The normalized spacial score (nSPS) is 11.8. The molecule has 0 unspecified atom stereocenters. The van der Waals surface area contributed by atoms with Crippen molar-refractivity contribution in [2.75, 3.05) is 0 Å². The summed E-state index contributed by atoms with van der Waals surface area (Å²) >= 11 is 5.08. The first kappa shape index (κ1) is 13.6. The molecule has 0 bridgehead atoms. The van der Waals surface area contributed by atoms with E-state index in [2.05, 4.69) is 32.1 Å². The third-order valence-corrected chi connectivity index (χ3v) is 3.67. The van der Waals surface area contributed by atoms with Crippen LogP contribution in [0.4, 0.5) is 0 Å². The predicted molar refractivity (Wildman–Crippen MR) is 75.2 cm³/mol. The first-order chi connectivity index (χ1) is 8.45. The Balaban J connectivity index is 2.01. The van der Waals surface area contributed by atoms with E-state index in [9.17, 15) is 0 Å². The molecule has 0 aliphatic rings. The zero-order chi connectivity index (χ0) is 13.2. The highest BCUT2D eigenvalue weighted by Gasteiger charge is 2.21. The van der Waals surface area contributed by atoms with Gasteiger partial charge in [0, 0.05) is 9.37 Å². The van der Waals surface area contributed by atoms with Gasteiger partial charge < -0.3 is 10.3 Å². The predicted octanol–water partition coefficient (Wildman–Crippen LogP) is 3.32. The molecule has 2 rings (SSSR count). The molecule has 2 aromatic rings. The van der Waals surface area contributed by atoms with Gasteiger partial charge in [-0.1, -0.05) is 27.2 Å². The van der Waals surface area contributed by atoms with Gasteiger partial charge in [-0.15, -0.1) is 11.8 Å². The van der Waals surface area contributed by atoms with Crippen molar-refractivity contribution in [3.8, 4) is 0 Å². The molecular weight excluding hydrogens is 314 g/mol. The zero-order valence-corrected chi connectivity index (χ0v) is 12.6. The number of rotatable bonds is 4. The Bertz CT molecular complexity index is 536. The van der Waals surface area contributed by atoms with Crippen LogP contribution in [0.2, 0.25) is 0 Å². The Morgan fingerprint density at radius 1 is 1.44 bits per heavy atom. The molecule has 1 aromatic heterocycles. The SMILES string of the molecule is CC(C)(N)c1noc(CSc2cccc(Br)c2)n1. The number of hydrogen-bond acceptors (Lipinski definition) is 5. The van der Waals surface area contributed by atoms with E-state index in [1.807, 2.05) is 32.0 Å². The Labute approximate surface area is 118 Å². The summed E-state index contributed by atoms with van der Waals surface area (Å²) in [6.45, 7) is 3.70. The summed E-state index contributed by atoms with van der Waals surface area (Å²) in [5.41, 5.74) is 5.33. The van der Waals surface area contributed by atoms with Crippen LogP contribution in [0, 0.1) is 0 Å². The van der Waals surface area contributed by atoms with Crippen LogP contribution < -0.4 is 5.73 Å². The lowest BCUT2D eigenvalue weighted by Gasteiger charge is -2.11. The van der Waals surface area contributed by atoms with Gasteiger partial charge in [0.05, 0.1) is 11.3 Å². The standard InChI is InChI=1S/C12H14BrN3OS/c1-12(2,14)11-15-10(17-16-11)7-18-9-5-3-4-8(13)6-9/h3-6H,7,14H2,1-2H3. The Morgan fingerprint density at radius 3 is 2.83 bits per heavy atom. The molecule has 6 heteroatoms. The van der Waals surface area contributed by atoms with E-state index < -0.39 is 5.54 Å². The summed E-state index contributed by atoms with van der Waals surface area (Å²) in [6, 6.07) is 8.08. The minimum atomic E-state index is -0.567. The van der Waals surface area contributed by atoms with E-state index in [4.69, 9.17) is 10.3 Å². The van der Waals surface area contributed by atoms with Crippen LogP contribution in [-0.2, 0) is 11.3 Å². The molecule has 0 amide bonds. The topological polar surface area (TPSA) is 64.9 Å². The van der Waals surface area contributed by atoms with Gasteiger partial charge in [0.2, 0.25) is 5.89 Å². The molecule has 0 atom stereocenters. The van der Waals surface area contributed by atoms with E-state index in [0.29, 0.717) is 17.5 Å². The molecule has 0 fully saturated rings. The van der Waals surface area contributed by atoms with E-state index in [0.717, 1.165) is 9.37 Å². The monoisotopic (exact) mass is 327 g/mol. The van der Waals surface area contributed by atoms with Crippen LogP contribution in [-0.4, -0.2) is 10.1 Å². The quantitative estimate of drug-likeness (QED) is 0.872. The van der Waals surface area contributed by atoms with Gasteiger partial charge >= 0.3 is 0 Å². The van der Waals surface area contributed by atoms with Crippen LogP contribution >= 0.6 is 27.7 Å². The lowest BCUT2D eigenvalue weighted by Crippen LogP contribution is -2.30. The highest BCUT2D eigenvalue weighted by Crippen LogP contribution is 2.25. The van der Waals surface area contributed by atoms with Crippen LogP contribution in [0.1, 0.15) is 25.6 Å². The highest BCUT2D eigenvalue weighted by molar-refractivity contribution is 9.10. The molecule has 0 saturated heterocycles. The second-order valence-corrected chi connectivity index (χ2v) is 6.44. The molecule has 0 radical (unpaired) electrons. The molecule has 2 N–H and O–H groups in total. The van der Waals surface area contributed by atoms with Gasteiger partial charge in [0.1, 0.15) is 0 Å². The maximum absolute atomic E-state index is 5.90. The second kappa shape index (κ2) is 5.42. The summed E-state index contributed by atoms with van der Waals surface area (Å²) < 4.78 is 6.23. The first-order valence-electron chi connectivity index (χ1n) is 5.45. The summed E-state index contributed by atoms with van der Waals surface area (Å²) in [7, 11) is 0. The van der Waals surface area contributed by atoms with E-state index in [-0.39, 0.29) is 0 Å². The molecule has 4 nitrogen and oxygen atoms in total. The van der Waals surface area contributed by atoms with Crippen molar-refractivity contribution in [1.29, 1.82) is 0 Å². The number of thioether (sulfide) groups is 1. The van der Waals surface area contributed by atoms with E-state index in [1.165, 1.54) is 0 Å².